The Bertz CT molecular complexity index is 353. The van der Waals surface area contributed by atoms with E-state index in [0.29, 0.717) is 0 Å². The summed E-state index contributed by atoms with van der Waals surface area (Å²) in [5, 5.41) is 3.45. The molecule has 1 aliphatic heterocycles. The number of benzene rings is 1. The van der Waals surface area contributed by atoms with Crippen LogP contribution in [0.4, 0.5) is 0 Å². The van der Waals surface area contributed by atoms with Crippen molar-refractivity contribution < 1.29 is 0 Å². The molecule has 0 spiro atoms. The molecule has 1 fully saturated rings. The summed E-state index contributed by atoms with van der Waals surface area (Å²) in [6, 6.07) is 8.87. The topological polar surface area (TPSA) is 18.5 Å². The molecule has 3 nitrogen and oxygen atoms in total. The van der Waals surface area contributed by atoms with Crippen molar-refractivity contribution >= 4 is 0 Å². The average molecular weight is 261 g/mol. The second kappa shape index (κ2) is 7.63. The lowest BCUT2D eigenvalue weighted by Crippen LogP contribution is -2.35. The van der Waals surface area contributed by atoms with Crippen molar-refractivity contribution in [2.24, 2.45) is 0 Å². The third-order valence-corrected chi connectivity index (χ3v) is 3.80. The molecule has 1 aromatic carbocycles. The Balaban J connectivity index is 1.71. The molecule has 0 unspecified atom stereocenters. The number of rotatable bonds is 5. The highest BCUT2D eigenvalue weighted by Crippen LogP contribution is 2.06. The monoisotopic (exact) mass is 261 g/mol. The lowest BCUT2D eigenvalue weighted by molar-refractivity contribution is 0.231. The van der Waals surface area contributed by atoms with Gasteiger partial charge in [-0.05, 0) is 39.0 Å². The Kier molecular flexibility index (Phi) is 5.83. The molecule has 0 atom stereocenters. The zero-order chi connectivity index (χ0) is 13.5. The lowest BCUT2D eigenvalue weighted by atomic mass is 10.1. The van der Waals surface area contributed by atoms with E-state index in [1.54, 1.807) is 0 Å². The first-order chi connectivity index (χ1) is 9.24. The van der Waals surface area contributed by atoms with Crippen LogP contribution in [0.25, 0.3) is 0 Å². The fourth-order valence-corrected chi connectivity index (χ4v) is 2.52. The fraction of sp³-hybridized carbons (Fsp3) is 0.625. The largest absolute Gasteiger partial charge is 0.315 e. The maximum atomic E-state index is 3.45. The van der Waals surface area contributed by atoms with E-state index in [-0.39, 0.29) is 0 Å². The Hall–Kier alpha value is -0.900. The van der Waals surface area contributed by atoms with Crippen LogP contribution in [0.3, 0.4) is 0 Å². The van der Waals surface area contributed by atoms with E-state index >= 15 is 0 Å². The summed E-state index contributed by atoms with van der Waals surface area (Å²) < 4.78 is 0. The van der Waals surface area contributed by atoms with Crippen LogP contribution in [-0.2, 0) is 6.54 Å². The van der Waals surface area contributed by atoms with Crippen molar-refractivity contribution in [3.05, 3.63) is 35.4 Å². The van der Waals surface area contributed by atoms with Gasteiger partial charge in [0.05, 0.1) is 0 Å². The molecule has 106 valence electrons. The van der Waals surface area contributed by atoms with Gasteiger partial charge >= 0.3 is 0 Å². The van der Waals surface area contributed by atoms with Crippen LogP contribution < -0.4 is 5.32 Å². The van der Waals surface area contributed by atoms with Crippen LogP contribution in [0.15, 0.2) is 24.3 Å². The highest BCUT2D eigenvalue weighted by Gasteiger charge is 2.09. The van der Waals surface area contributed by atoms with Gasteiger partial charge in [0.15, 0.2) is 0 Å². The first kappa shape index (κ1) is 14.5. The molecule has 3 heteroatoms. The molecule has 0 bridgehead atoms. The summed E-state index contributed by atoms with van der Waals surface area (Å²) >= 11 is 0. The van der Waals surface area contributed by atoms with E-state index in [0.717, 1.165) is 19.6 Å². The lowest BCUT2D eigenvalue weighted by Gasteiger charge is -2.23. The minimum Gasteiger partial charge on any atom is -0.315 e. The first-order valence-corrected chi connectivity index (χ1v) is 7.41. The number of aryl methyl sites for hydroxylation is 1. The van der Waals surface area contributed by atoms with Crippen LogP contribution in [0.1, 0.15) is 17.5 Å². The van der Waals surface area contributed by atoms with Gasteiger partial charge in [-0.15, -0.1) is 0 Å². The second-order valence-corrected chi connectivity index (χ2v) is 5.67. The Morgan fingerprint density at radius 1 is 1.16 bits per heavy atom. The van der Waals surface area contributed by atoms with E-state index in [2.05, 4.69) is 53.4 Å². The van der Waals surface area contributed by atoms with Crippen molar-refractivity contribution in [3.8, 4) is 0 Å². The molecule has 1 aromatic rings. The number of hydrogen-bond acceptors (Lipinski definition) is 3. The molecule has 1 saturated heterocycles. The van der Waals surface area contributed by atoms with Crippen LogP contribution in [0, 0.1) is 6.92 Å². The van der Waals surface area contributed by atoms with Gasteiger partial charge in [0.1, 0.15) is 0 Å². The number of nitrogens with zero attached hydrogens (tertiary/aromatic N) is 2. The molecule has 2 rings (SSSR count). The molecule has 0 amide bonds. The fourth-order valence-electron chi connectivity index (χ4n) is 2.52. The highest BCUT2D eigenvalue weighted by atomic mass is 15.2. The van der Waals surface area contributed by atoms with Gasteiger partial charge in [0.2, 0.25) is 0 Å². The van der Waals surface area contributed by atoms with Crippen LogP contribution in [-0.4, -0.2) is 56.1 Å². The van der Waals surface area contributed by atoms with E-state index < -0.39 is 0 Å². The van der Waals surface area contributed by atoms with Crippen molar-refractivity contribution in [2.45, 2.75) is 19.9 Å². The van der Waals surface area contributed by atoms with Gasteiger partial charge in [-0.2, -0.15) is 0 Å². The quantitative estimate of drug-likeness (QED) is 0.871. The molecular weight excluding hydrogens is 234 g/mol. The van der Waals surface area contributed by atoms with Crippen molar-refractivity contribution in [1.29, 1.82) is 0 Å². The third kappa shape index (κ3) is 5.31. The maximum absolute atomic E-state index is 3.45. The van der Waals surface area contributed by atoms with E-state index in [1.807, 2.05) is 0 Å². The summed E-state index contributed by atoms with van der Waals surface area (Å²) in [5.41, 5.74) is 2.74. The van der Waals surface area contributed by atoms with Gasteiger partial charge < -0.3 is 15.1 Å². The number of hydrogen-bond donors (Lipinski definition) is 1. The molecular formula is C16H27N3. The predicted molar refractivity (Wildman–Crippen MR) is 81.4 cm³/mol. The molecule has 0 aromatic heterocycles. The van der Waals surface area contributed by atoms with E-state index in [4.69, 9.17) is 0 Å². The Morgan fingerprint density at radius 2 is 1.95 bits per heavy atom. The van der Waals surface area contributed by atoms with Crippen molar-refractivity contribution in [1.82, 2.24) is 15.1 Å². The van der Waals surface area contributed by atoms with Gasteiger partial charge in [-0.3, -0.25) is 0 Å². The normalized spacial score (nSPS) is 17.6. The Labute approximate surface area is 117 Å². The summed E-state index contributed by atoms with van der Waals surface area (Å²) in [4.78, 5) is 4.99. The summed E-state index contributed by atoms with van der Waals surface area (Å²) in [6.45, 7) is 10.3. The standard InChI is InChI=1S/C16H27N3/c1-15-4-6-16(7-5-15)14-18(2)12-13-19-10-3-8-17-9-11-19/h4-7,17H,3,8-14H2,1-2H3. The third-order valence-electron chi connectivity index (χ3n) is 3.80. The molecule has 19 heavy (non-hydrogen) atoms. The molecule has 0 aliphatic carbocycles. The smallest absolute Gasteiger partial charge is 0.0231 e. The SMILES string of the molecule is Cc1ccc(CN(C)CCN2CCCNCC2)cc1. The number of likely N-dealkylation sites (N-methyl/N-ethyl adjacent to an activating group) is 1. The van der Waals surface area contributed by atoms with Crippen LogP contribution in [0.2, 0.25) is 0 Å². The van der Waals surface area contributed by atoms with Crippen LogP contribution >= 0.6 is 0 Å². The van der Waals surface area contributed by atoms with Gasteiger partial charge in [-0.1, -0.05) is 29.8 Å². The molecule has 1 aliphatic rings. The maximum Gasteiger partial charge on any atom is 0.0231 e. The predicted octanol–water partition coefficient (Wildman–Crippen LogP) is 1.72. The second-order valence-electron chi connectivity index (χ2n) is 5.67. The van der Waals surface area contributed by atoms with E-state index in [9.17, 15) is 0 Å². The zero-order valence-corrected chi connectivity index (χ0v) is 12.4. The summed E-state index contributed by atoms with van der Waals surface area (Å²) in [7, 11) is 2.22. The molecule has 1 N–H and O–H groups in total. The Morgan fingerprint density at radius 3 is 2.74 bits per heavy atom. The van der Waals surface area contributed by atoms with Crippen molar-refractivity contribution in [3.63, 3.8) is 0 Å². The van der Waals surface area contributed by atoms with E-state index in [1.165, 1.54) is 43.7 Å². The van der Waals surface area contributed by atoms with Crippen LogP contribution in [0.5, 0.6) is 0 Å². The van der Waals surface area contributed by atoms with Gasteiger partial charge in [-0.25, -0.2) is 0 Å². The average Bonchev–Trinajstić information content (AvgIpc) is 2.68. The molecule has 0 radical (unpaired) electrons. The van der Waals surface area contributed by atoms with Gasteiger partial charge in [0, 0.05) is 32.7 Å². The zero-order valence-electron chi connectivity index (χ0n) is 12.4. The summed E-state index contributed by atoms with van der Waals surface area (Å²) in [6.07, 6.45) is 1.28. The highest BCUT2D eigenvalue weighted by molar-refractivity contribution is 5.21. The molecule has 0 saturated carbocycles. The minimum absolute atomic E-state index is 1.05. The minimum atomic E-state index is 1.05. The first-order valence-electron chi connectivity index (χ1n) is 7.41. The molecule has 1 heterocycles. The van der Waals surface area contributed by atoms with Gasteiger partial charge in [0.25, 0.3) is 0 Å². The number of nitrogens with one attached hydrogen (secondary N) is 1. The van der Waals surface area contributed by atoms with Crippen molar-refractivity contribution in [2.75, 3.05) is 46.3 Å². The summed E-state index contributed by atoms with van der Waals surface area (Å²) in [5.74, 6) is 0.